The highest BCUT2D eigenvalue weighted by Crippen LogP contribution is 2.00. The van der Waals surface area contributed by atoms with Gasteiger partial charge in [0.1, 0.15) is 0 Å². The number of carboxylic acid groups (broad SMARTS) is 1. The van der Waals surface area contributed by atoms with Crippen LogP contribution in [0.1, 0.15) is 25.7 Å². The van der Waals surface area contributed by atoms with Crippen LogP contribution in [-0.2, 0) is 13.4 Å². The third-order valence-corrected chi connectivity index (χ3v) is 1.42. The van der Waals surface area contributed by atoms with Gasteiger partial charge in [0.15, 0.2) is 0 Å². The lowest BCUT2D eigenvalue weighted by Gasteiger charge is -2.12. The molecule has 0 aromatic carbocycles. The van der Waals surface area contributed by atoms with E-state index in [0.717, 1.165) is 0 Å². The van der Waals surface area contributed by atoms with Gasteiger partial charge >= 0.3 is 5.97 Å². The van der Waals surface area contributed by atoms with Gasteiger partial charge in [-0.15, -0.1) is 0 Å². The first-order valence-corrected chi connectivity index (χ1v) is 3.75. The van der Waals surface area contributed by atoms with Gasteiger partial charge in [0.25, 0.3) is 0 Å². The fourth-order valence-corrected chi connectivity index (χ4v) is 0.722. The highest BCUT2D eigenvalue weighted by atomic mass is 27.1. The predicted molar refractivity (Wildman–Crippen MR) is 48.8 cm³/mol. The van der Waals surface area contributed by atoms with Crippen LogP contribution in [0.15, 0.2) is 0 Å². The molecule has 0 aromatic heterocycles. The average Bonchev–Trinajstić information content (AvgIpc) is 1.97. The van der Waals surface area contributed by atoms with Crippen molar-refractivity contribution < 1.29 is 34.9 Å². The SMILES string of the molecule is O.O.O.O=C(O)CCCCC(=O)[O][Al-]. The largest absolute Gasteiger partial charge is 0.855 e. The van der Waals surface area contributed by atoms with Gasteiger partial charge < -0.3 is 25.3 Å². The van der Waals surface area contributed by atoms with Crippen LogP contribution in [0.25, 0.3) is 0 Å². The van der Waals surface area contributed by atoms with Crippen molar-refractivity contribution in [2.45, 2.75) is 25.7 Å². The van der Waals surface area contributed by atoms with Crippen molar-refractivity contribution >= 4 is 28.6 Å². The molecule has 0 saturated heterocycles. The lowest BCUT2D eigenvalue weighted by molar-refractivity contribution is -0.138. The van der Waals surface area contributed by atoms with Crippen molar-refractivity contribution in [1.82, 2.24) is 0 Å². The Balaban J connectivity index is -0.000000167. The van der Waals surface area contributed by atoms with Crippen LogP contribution in [-0.4, -0.2) is 50.1 Å². The van der Waals surface area contributed by atoms with Gasteiger partial charge in [0, 0.05) is 12.8 Å². The van der Waals surface area contributed by atoms with Crippen LogP contribution >= 0.6 is 0 Å². The van der Waals surface area contributed by atoms with Crippen molar-refractivity contribution in [3.8, 4) is 0 Å². The summed E-state index contributed by atoms with van der Waals surface area (Å²) in [5, 5.41) is 8.22. The molecule has 0 aliphatic rings. The van der Waals surface area contributed by atoms with Crippen LogP contribution < -0.4 is 0 Å². The minimum absolute atomic E-state index is 0. The molecule has 0 spiro atoms. The van der Waals surface area contributed by atoms with Crippen molar-refractivity contribution in [2.24, 2.45) is 0 Å². The Morgan fingerprint density at radius 1 is 1.07 bits per heavy atom. The molecule has 0 rings (SSSR count). The maximum atomic E-state index is 10.5. The molecule has 0 aliphatic heterocycles. The monoisotopic (exact) mass is 226 g/mol. The van der Waals surface area contributed by atoms with Gasteiger partial charge in [-0.2, -0.15) is 0 Å². The van der Waals surface area contributed by atoms with Crippen LogP contribution in [0.2, 0.25) is 0 Å². The summed E-state index contributed by atoms with van der Waals surface area (Å²) < 4.78 is 4.29. The summed E-state index contributed by atoms with van der Waals surface area (Å²) in [7, 11) is 0. The quantitative estimate of drug-likeness (QED) is 0.415. The van der Waals surface area contributed by atoms with Gasteiger partial charge in [0.2, 0.25) is 5.97 Å². The molecule has 8 heteroatoms. The number of unbranched alkanes of at least 4 members (excludes halogenated alkanes) is 1. The highest BCUT2D eigenvalue weighted by Gasteiger charge is 1.98. The molecule has 3 radical (unpaired) electrons. The molecule has 0 amide bonds. The van der Waals surface area contributed by atoms with Crippen molar-refractivity contribution in [2.75, 3.05) is 0 Å². The fraction of sp³-hybridized carbons (Fsp3) is 0.667. The molecule has 0 fully saturated rings. The summed E-state index contributed by atoms with van der Waals surface area (Å²) in [6, 6.07) is 0. The van der Waals surface area contributed by atoms with E-state index in [1.165, 1.54) is 0 Å². The van der Waals surface area contributed by atoms with E-state index in [2.05, 4.69) is 3.79 Å². The summed E-state index contributed by atoms with van der Waals surface area (Å²) in [6.07, 6.45) is 1.50. The minimum Gasteiger partial charge on any atom is -0.855 e. The van der Waals surface area contributed by atoms with Gasteiger partial charge in [-0.25, -0.2) is 16.6 Å². The van der Waals surface area contributed by atoms with Gasteiger partial charge in [-0.05, 0) is 12.8 Å². The molecule has 0 heterocycles. The Bertz CT molecular complexity index is 149. The Labute approximate surface area is 89.7 Å². The summed E-state index contributed by atoms with van der Waals surface area (Å²) in [6.45, 7) is 0. The summed E-state index contributed by atoms with van der Waals surface area (Å²) in [5.74, 6) is -1.15. The zero-order chi connectivity index (χ0) is 8.69. The van der Waals surface area contributed by atoms with E-state index in [1.807, 2.05) is 16.6 Å². The predicted octanol–water partition coefficient (Wildman–Crippen LogP) is -2.22. The maximum absolute atomic E-state index is 10.5. The van der Waals surface area contributed by atoms with E-state index in [0.29, 0.717) is 12.8 Å². The first-order chi connectivity index (χ1) is 5.16. The molecule has 7 nitrogen and oxygen atoms in total. The molecule has 0 atom stereocenters. The van der Waals surface area contributed by atoms with Crippen LogP contribution in [0, 0.1) is 0 Å². The molecular weight excluding hydrogens is 211 g/mol. The molecular formula is C6H15AlO7-. The molecule has 0 aliphatic carbocycles. The van der Waals surface area contributed by atoms with Gasteiger partial charge in [-0.3, -0.25) is 9.59 Å². The molecule has 0 bridgehead atoms. The first-order valence-electron chi connectivity index (χ1n) is 3.28. The highest BCUT2D eigenvalue weighted by molar-refractivity contribution is 6.05. The van der Waals surface area contributed by atoms with Crippen molar-refractivity contribution in [3.05, 3.63) is 0 Å². The normalized spacial score (nSPS) is 7.21. The van der Waals surface area contributed by atoms with E-state index < -0.39 is 5.97 Å². The summed E-state index contributed by atoms with van der Waals surface area (Å²) >= 11 is 1.86. The van der Waals surface area contributed by atoms with Crippen molar-refractivity contribution in [3.63, 3.8) is 0 Å². The van der Waals surface area contributed by atoms with E-state index in [-0.39, 0.29) is 35.2 Å². The second-order valence-electron chi connectivity index (χ2n) is 2.09. The van der Waals surface area contributed by atoms with E-state index >= 15 is 0 Å². The molecule has 7 N–H and O–H groups in total. The molecule has 0 unspecified atom stereocenters. The number of aliphatic carboxylic acids is 1. The second kappa shape index (κ2) is 14.9. The Morgan fingerprint density at radius 3 is 1.86 bits per heavy atom. The smallest absolute Gasteiger partial charge is 0.303 e. The number of hydrogen-bond acceptors (Lipinski definition) is 3. The fourth-order valence-electron chi connectivity index (χ4n) is 0.604. The summed E-state index contributed by atoms with van der Waals surface area (Å²) in [5.41, 5.74) is 0. The van der Waals surface area contributed by atoms with Crippen LogP contribution in [0.5, 0.6) is 0 Å². The molecule has 85 valence electrons. The maximum Gasteiger partial charge on any atom is 0.303 e. The van der Waals surface area contributed by atoms with Gasteiger partial charge in [0.05, 0.1) is 0 Å². The number of carbonyl (C=O) groups is 2. The van der Waals surface area contributed by atoms with Gasteiger partial charge in [-0.1, -0.05) is 0 Å². The topological polar surface area (TPSA) is 158 Å². The third-order valence-electron chi connectivity index (χ3n) is 1.15. The number of rotatable bonds is 5. The Kier molecular flexibility index (Phi) is 24.7. The van der Waals surface area contributed by atoms with Crippen molar-refractivity contribution in [1.29, 1.82) is 0 Å². The van der Waals surface area contributed by atoms with E-state index in [9.17, 15) is 9.59 Å². The molecule has 0 aromatic rings. The van der Waals surface area contributed by atoms with E-state index in [4.69, 9.17) is 5.11 Å². The number of hydrogen-bond donors (Lipinski definition) is 1. The Morgan fingerprint density at radius 2 is 1.50 bits per heavy atom. The Hall–Kier alpha value is -0.648. The third kappa shape index (κ3) is 17.4. The number of carboxylic acids is 1. The van der Waals surface area contributed by atoms with Crippen LogP contribution in [0.4, 0.5) is 0 Å². The second-order valence-corrected chi connectivity index (χ2v) is 2.33. The zero-order valence-electron chi connectivity index (χ0n) is 7.58. The summed E-state index contributed by atoms with van der Waals surface area (Å²) in [4.78, 5) is 20.5. The lowest BCUT2D eigenvalue weighted by Crippen LogP contribution is -2.01. The standard InChI is InChI=1S/C6H10O4.Al.3H2O/c7-5(8)3-1-2-4-6(9)10;;;;/h1-4H2,(H,7,8)(H,9,10);;3*1H2/p-1. The van der Waals surface area contributed by atoms with E-state index in [1.54, 1.807) is 0 Å². The minimum atomic E-state index is -0.829. The average molecular weight is 226 g/mol. The molecule has 14 heavy (non-hydrogen) atoms. The number of carbonyl (C=O) groups excluding carboxylic acids is 1. The molecule has 0 saturated carbocycles. The zero-order valence-corrected chi connectivity index (χ0v) is 8.73. The first kappa shape index (κ1) is 23.3. The lowest BCUT2D eigenvalue weighted by atomic mass is 10.2. The van der Waals surface area contributed by atoms with Crippen LogP contribution in [0.3, 0.4) is 0 Å².